The van der Waals surface area contributed by atoms with Gasteiger partial charge < -0.3 is 4.90 Å². The minimum absolute atomic E-state index is 0.150. The highest BCUT2D eigenvalue weighted by Gasteiger charge is 2.35. The Kier molecular flexibility index (Phi) is 5.52. The van der Waals surface area contributed by atoms with E-state index in [0.29, 0.717) is 5.56 Å². The summed E-state index contributed by atoms with van der Waals surface area (Å²) in [6.07, 6.45) is 6.33. The van der Waals surface area contributed by atoms with E-state index < -0.39 is 0 Å². The van der Waals surface area contributed by atoms with E-state index in [1.54, 1.807) is 0 Å². The molecule has 0 radical (unpaired) electrons. The van der Waals surface area contributed by atoms with Crippen molar-refractivity contribution in [1.29, 1.82) is 5.26 Å². The van der Waals surface area contributed by atoms with Gasteiger partial charge in [-0.2, -0.15) is 5.26 Å². The fourth-order valence-corrected chi connectivity index (χ4v) is 4.14. The van der Waals surface area contributed by atoms with Crippen molar-refractivity contribution >= 4 is 12.6 Å². The molecule has 2 aromatic carbocycles. The molecule has 0 saturated heterocycles. The van der Waals surface area contributed by atoms with Gasteiger partial charge in [-0.15, -0.1) is 17.7 Å². The number of nitrogens with zero attached hydrogens (tertiary/aromatic N) is 4. The van der Waals surface area contributed by atoms with Crippen molar-refractivity contribution in [3.63, 3.8) is 0 Å². The van der Waals surface area contributed by atoms with Crippen LogP contribution in [0.25, 0.3) is 11.1 Å². The van der Waals surface area contributed by atoms with Gasteiger partial charge in [0, 0.05) is 24.9 Å². The first-order valence-electron chi connectivity index (χ1n) is 9.89. The zero-order valence-electron chi connectivity index (χ0n) is 16.7. The molecular formula is C23H25N5S. The molecule has 0 bridgehead atoms. The lowest BCUT2D eigenvalue weighted by Crippen LogP contribution is -2.58. The van der Waals surface area contributed by atoms with Gasteiger partial charge in [0.1, 0.15) is 6.17 Å². The Morgan fingerprint density at radius 3 is 2.59 bits per heavy atom. The second-order valence-electron chi connectivity index (χ2n) is 7.36. The number of rotatable bonds is 5. The van der Waals surface area contributed by atoms with Crippen LogP contribution in [-0.2, 0) is 6.42 Å². The largest absolute Gasteiger partial charge is 0.357 e. The molecular weight excluding hydrogens is 378 g/mol. The Morgan fingerprint density at radius 1 is 1.10 bits per heavy atom. The van der Waals surface area contributed by atoms with Crippen LogP contribution in [-0.4, -0.2) is 27.7 Å². The first kappa shape index (κ1) is 19.4. The number of hydrazine groups is 2. The monoisotopic (exact) mass is 403 g/mol. The Morgan fingerprint density at radius 2 is 1.86 bits per heavy atom. The molecule has 0 saturated carbocycles. The van der Waals surface area contributed by atoms with E-state index >= 15 is 0 Å². The standard InChI is InChI=1S/C23H25N5S/c1-3-12-26-15-17(2)27-16-22(29)25-28(27)23(26)13-18-8-10-19(11-9-18)21-7-5-4-6-20(21)14-24/h4-11,15-16,23,25,29H,3,12-13H2,1-2H3. The SMILES string of the molecule is CCCN1C=C(C)N2C=C(S)NN2C1Cc1ccc(-c2ccccc2C#N)cc1. The maximum Gasteiger partial charge on any atom is 0.125 e. The molecule has 1 atom stereocenters. The van der Waals surface area contributed by atoms with Crippen molar-refractivity contribution in [3.8, 4) is 17.2 Å². The van der Waals surface area contributed by atoms with Gasteiger partial charge in [0.05, 0.1) is 22.9 Å². The molecule has 0 aliphatic carbocycles. The van der Waals surface area contributed by atoms with Crippen LogP contribution >= 0.6 is 12.6 Å². The molecule has 1 N–H and O–H groups in total. The van der Waals surface area contributed by atoms with Crippen LogP contribution in [0.4, 0.5) is 0 Å². The van der Waals surface area contributed by atoms with E-state index in [1.807, 2.05) is 30.5 Å². The zero-order chi connectivity index (χ0) is 20.4. The van der Waals surface area contributed by atoms with E-state index in [-0.39, 0.29) is 6.17 Å². The molecule has 0 amide bonds. The van der Waals surface area contributed by atoms with E-state index in [2.05, 4.69) is 83.5 Å². The Labute approximate surface area is 177 Å². The number of thiol groups is 1. The van der Waals surface area contributed by atoms with Crippen LogP contribution in [0, 0.1) is 11.3 Å². The maximum absolute atomic E-state index is 9.37. The third-order valence-electron chi connectivity index (χ3n) is 5.30. The topological polar surface area (TPSA) is 45.5 Å². The average molecular weight is 404 g/mol. The molecule has 148 valence electrons. The summed E-state index contributed by atoms with van der Waals surface area (Å²) in [6.45, 7) is 5.30. The summed E-state index contributed by atoms with van der Waals surface area (Å²) in [4.78, 5) is 2.39. The second kappa shape index (κ2) is 8.24. The Bertz CT molecular complexity index is 989. The van der Waals surface area contributed by atoms with Crippen molar-refractivity contribution in [1.82, 2.24) is 20.5 Å². The van der Waals surface area contributed by atoms with Gasteiger partial charge >= 0.3 is 0 Å². The highest BCUT2D eigenvalue weighted by Crippen LogP contribution is 2.30. The van der Waals surface area contributed by atoms with Gasteiger partial charge in [-0.1, -0.05) is 49.4 Å². The summed E-state index contributed by atoms with van der Waals surface area (Å²) < 4.78 is 0. The van der Waals surface area contributed by atoms with Crippen LogP contribution in [0.5, 0.6) is 0 Å². The van der Waals surface area contributed by atoms with Gasteiger partial charge in [0.15, 0.2) is 0 Å². The Hall–Kier alpha value is -2.88. The molecule has 2 aromatic rings. The highest BCUT2D eigenvalue weighted by atomic mass is 32.1. The lowest BCUT2D eigenvalue weighted by atomic mass is 9.98. The molecule has 6 heteroatoms. The fourth-order valence-electron chi connectivity index (χ4n) is 3.93. The number of fused-ring (bicyclic) bond motifs is 1. The van der Waals surface area contributed by atoms with Gasteiger partial charge in [-0.25, -0.2) is 0 Å². The number of allylic oxidation sites excluding steroid dienone is 1. The van der Waals surface area contributed by atoms with Crippen LogP contribution in [0.1, 0.15) is 31.4 Å². The fraction of sp³-hybridized carbons (Fsp3) is 0.261. The molecule has 5 nitrogen and oxygen atoms in total. The van der Waals surface area contributed by atoms with Gasteiger partial charge in [-0.3, -0.25) is 10.4 Å². The molecule has 2 aliphatic rings. The minimum atomic E-state index is 0.150. The van der Waals surface area contributed by atoms with E-state index in [9.17, 15) is 5.26 Å². The van der Waals surface area contributed by atoms with Crippen LogP contribution in [0.2, 0.25) is 0 Å². The quantitative estimate of drug-likeness (QED) is 0.723. The average Bonchev–Trinajstić information content (AvgIpc) is 3.14. The number of benzene rings is 2. The first-order valence-corrected chi connectivity index (χ1v) is 10.3. The van der Waals surface area contributed by atoms with Crippen LogP contribution < -0.4 is 5.43 Å². The van der Waals surface area contributed by atoms with Crippen LogP contribution in [0.3, 0.4) is 0 Å². The van der Waals surface area contributed by atoms with Crippen molar-refractivity contribution < 1.29 is 0 Å². The lowest BCUT2D eigenvalue weighted by molar-refractivity contribution is -0.0858. The highest BCUT2D eigenvalue weighted by molar-refractivity contribution is 7.84. The van der Waals surface area contributed by atoms with E-state index in [0.717, 1.165) is 41.2 Å². The molecule has 0 aromatic heterocycles. The number of nitrogens with one attached hydrogen (secondary N) is 1. The predicted molar refractivity (Wildman–Crippen MR) is 119 cm³/mol. The van der Waals surface area contributed by atoms with E-state index in [1.165, 1.54) is 5.56 Å². The zero-order valence-corrected chi connectivity index (χ0v) is 17.6. The third kappa shape index (κ3) is 3.84. The number of hydrogen-bond donors (Lipinski definition) is 2. The summed E-state index contributed by atoms with van der Waals surface area (Å²) in [5.74, 6) is 0. The second-order valence-corrected chi connectivity index (χ2v) is 7.84. The minimum Gasteiger partial charge on any atom is -0.357 e. The summed E-state index contributed by atoms with van der Waals surface area (Å²) in [5, 5.41) is 14.5. The third-order valence-corrected chi connectivity index (χ3v) is 5.51. The van der Waals surface area contributed by atoms with Crippen molar-refractivity contribution in [2.45, 2.75) is 32.9 Å². The number of nitriles is 1. The summed E-state index contributed by atoms with van der Waals surface area (Å²) in [5.41, 5.74) is 8.51. The predicted octanol–water partition coefficient (Wildman–Crippen LogP) is 4.45. The van der Waals surface area contributed by atoms with Gasteiger partial charge in [0.2, 0.25) is 0 Å². The van der Waals surface area contributed by atoms with E-state index in [4.69, 9.17) is 0 Å². The normalized spacial score (nSPS) is 18.6. The molecule has 4 rings (SSSR count). The van der Waals surface area contributed by atoms with Crippen molar-refractivity contribution in [3.05, 3.63) is 82.8 Å². The van der Waals surface area contributed by atoms with Gasteiger partial charge in [-0.05, 0) is 36.1 Å². The molecule has 2 heterocycles. The smallest absolute Gasteiger partial charge is 0.125 e. The Balaban J connectivity index is 1.58. The first-order chi connectivity index (χ1) is 14.1. The number of hydrogen-bond acceptors (Lipinski definition) is 6. The van der Waals surface area contributed by atoms with Crippen molar-refractivity contribution in [2.24, 2.45) is 0 Å². The molecule has 0 spiro atoms. The van der Waals surface area contributed by atoms with Gasteiger partial charge in [0.25, 0.3) is 0 Å². The molecule has 29 heavy (non-hydrogen) atoms. The summed E-state index contributed by atoms with van der Waals surface area (Å²) >= 11 is 4.50. The molecule has 0 fully saturated rings. The molecule has 2 aliphatic heterocycles. The maximum atomic E-state index is 9.37. The molecule has 1 unspecified atom stereocenters. The summed E-state index contributed by atoms with van der Waals surface area (Å²) in [6, 6.07) is 18.5. The van der Waals surface area contributed by atoms with Crippen LogP contribution in [0.15, 0.2) is 71.7 Å². The van der Waals surface area contributed by atoms with Crippen molar-refractivity contribution in [2.75, 3.05) is 6.54 Å². The summed E-state index contributed by atoms with van der Waals surface area (Å²) in [7, 11) is 0. The lowest BCUT2D eigenvalue weighted by Gasteiger charge is -2.45.